The third kappa shape index (κ3) is 3.15. The number of carbonyl (C=O) groups excluding carboxylic acids is 1. The van der Waals surface area contributed by atoms with Crippen LogP contribution in [0.2, 0.25) is 0 Å². The molecule has 2 aromatic rings. The second-order valence-electron chi connectivity index (χ2n) is 6.37. The molecule has 0 aliphatic carbocycles. The van der Waals surface area contributed by atoms with E-state index in [9.17, 15) is 19.5 Å². The molecular formula is C17H19N3O4. The Morgan fingerprint density at radius 1 is 1.29 bits per heavy atom. The van der Waals surface area contributed by atoms with E-state index in [0.29, 0.717) is 23.9 Å². The van der Waals surface area contributed by atoms with E-state index in [1.165, 1.54) is 15.8 Å². The molecule has 7 nitrogen and oxygen atoms in total. The number of piperidine rings is 1. The first-order valence-electron chi connectivity index (χ1n) is 7.90. The Kier molecular flexibility index (Phi) is 4.33. The van der Waals surface area contributed by atoms with Crippen LogP contribution in [0.1, 0.15) is 13.3 Å². The van der Waals surface area contributed by atoms with Crippen LogP contribution >= 0.6 is 0 Å². The summed E-state index contributed by atoms with van der Waals surface area (Å²) >= 11 is 0. The molecule has 3 rings (SSSR count). The highest BCUT2D eigenvalue weighted by Crippen LogP contribution is 2.22. The second kappa shape index (κ2) is 6.43. The van der Waals surface area contributed by atoms with Gasteiger partial charge in [-0.25, -0.2) is 4.98 Å². The largest absolute Gasteiger partial charge is 0.481 e. The van der Waals surface area contributed by atoms with Gasteiger partial charge in [0.1, 0.15) is 6.54 Å². The molecule has 7 heteroatoms. The Morgan fingerprint density at radius 2 is 2.04 bits per heavy atom. The van der Waals surface area contributed by atoms with Crippen LogP contribution in [-0.4, -0.2) is 44.5 Å². The van der Waals surface area contributed by atoms with E-state index in [1.54, 1.807) is 24.3 Å². The maximum absolute atomic E-state index is 12.5. The number of likely N-dealkylation sites (tertiary alicyclic amines) is 1. The standard InChI is InChI=1S/C17H19N3O4/c1-11-6-12(17(23)24)8-19(7-11)15(21)9-20-10-18-14-5-3-2-4-13(14)16(20)22/h2-5,10-12H,6-9H2,1H3,(H,23,24). The van der Waals surface area contributed by atoms with Gasteiger partial charge in [-0.3, -0.25) is 19.0 Å². The summed E-state index contributed by atoms with van der Waals surface area (Å²) in [6.07, 6.45) is 1.93. The average molecular weight is 329 g/mol. The fourth-order valence-corrected chi connectivity index (χ4v) is 3.20. The molecule has 1 N–H and O–H groups in total. The number of benzene rings is 1. The first-order chi connectivity index (χ1) is 11.5. The van der Waals surface area contributed by atoms with Gasteiger partial charge >= 0.3 is 5.97 Å². The number of nitrogens with zero attached hydrogens (tertiary/aromatic N) is 3. The molecule has 1 aromatic heterocycles. The minimum atomic E-state index is -0.885. The Labute approximate surface area is 138 Å². The van der Waals surface area contributed by atoms with Crippen LogP contribution in [0, 0.1) is 11.8 Å². The van der Waals surface area contributed by atoms with Crippen LogP contribution in [0.4, 0.5) is 0 Å². The number of hydrogen-bond donors (Lipinski definition) is 1. The summed E-state index contributed by atoms with van der Waals surface area (Å²) in [5, 5.41) is 9.67. The minimum absolute atomic E-state index is 0.121. The Balaban J connectivity index is 1.81. The third-order valence-electron chi connectivity index (χ3n) is 4.40. The Hall–Kier alpha value is -2.70. The number of aliphatic carboxylic acids is 1. The van der Waals surface area contributed by atoms with E-state index in [0.717, 1.165) is 0 Å². The predicted molar refractivity (Wildman–Crippen MR) is 87.5 cm³/mol. The quantitative estimate of drug-likeness (QED) is 0.905. The monoisotopic (exact) mass is 329 g/mol. The molecule has 2 heterocycles. The number of fused-ring (bicyclic) bond motifs is 1. The molecular weight excluding hydrogens is 310 g/mol. The molecule has 0 saturated carbocycles. The Morgan fingerprint density at radius 3 is 2.79 bits per heavy atom. The normalized spacial score (nSPS) is 21.0. The molecule has 0 radical (unpaired) electrons. The molecule has 1 amide bonds. The summed E-state index contributed by atoms with van der Waals surface area (Å²) in [6.45, 7) is 2.50. The van der Waals surface area contributed by atoms with Crippen LogP contribution in [-0.2, 0) is 16.1 Å². The van der Waals surface area contributed by atoms with Gasteiger partial charge in [0.05, 0.1) is 23.1 Å². The third-order valence-corrected chi connectivity index (χ3v) is 4.40. The molecule has 2 atom stereocenters. The zero-order chi connectivity index (χ0) is 17.3. The van der Waals surface area contributed by atoms with Gasteiger partial charge in [0.15, 0.2) is 0 Å². The van der Waals surface area contributed by atoms with E-state index in [2.05, 4.69) is 4.98 Å². The second-order valence-corrected chi connectivity index (χ2v) is 6.37. The number of carboxylic acids is 1. The number of para-hydroxylation sites is 1. The summed E-state index contributed by atoms with van der Waals surface area (Å²) in [6, 6.07) is 6.97. The number of hydrogen-bond acceptors (Lipinski definition) is 4. The number of amides is 1. The van der Waals surface area contributed by atoms with Crippen molar-refractivity contribution in [1.82, 2.24) is 14.5 Å². The van der Waals surface area contributed by atoms with Crippen molar-refractivity contribution in [2.24, 2.45) is 11.8 Å². The van der Waals surface area contributed by atoms with Gasteiger partial charge in [-0.15, -0.1) is 0 Å². The molecule has 0 bridgehead atoms. The van der Waals surface area contributed by atoms with Crippen molar-refractivity contribution in [1.29, 1.82) is 0 Å². The summed E-state index contributed by atoms with van der Waals surface area (Å²) in [7, 11) is 0. The topological polar surface area (TPSA) is 92.5 Å². The van der Waals surface area contributed by atoms with Crippen molar-refractivity contribution in [3.05, 3.63) is 40.9 Å². The lowest BCUT2D eigenvalue weighted by Gasteiger charge is -2.34. The van der Waals surface area contributed by atoms with Crippen LogP contribution in [0.5, 0.6) is 0 Å². The first-order valence-corrected chi connectivity index (χ1v) is 7.90. The zero-order valence-corrected chi connectivity index (χ0v) is 13.4. The van der Waals surface area contributed by atoms with Gasteiger partial charge in [-0.1, -0.05) is 19.1 Å². The fourth-order valence-electron chi connectivity index (χ4n) is 3.20. The van der Waals surface area contributed by atoms with Crippen LogP contribution < -0.4 is 5.56 Å². The number of aromatic nitrogens is 2. The van der Waals surface area contributed by atoms with Crippen molar-refractivity contribution in [3.8, 4) is 0 Å². The zero-order valence-electron chi connectivity index (χ0n) is 13.4. The Bertz CT molecular complexity index is 845. The lowest BCUT2D eigenvalue weighted by molar-refractivity contribution is -0.147. The highest BCUT2D eigenvalue weighted by molar-refractivity contribution is 5.79. The molecule has 0 spiro atoms. The summed E-state index contributed by atoms with van der Waals surface area (Å²) in [5.41, 5.74) is 0.317. The van der Waals surface area contributed by atoms with E-state index in [1.807, 2.05) is 6.92 Å². The van der Waals surface area contributed by atoms with Crippen molar-refractivity contribution in [2.45, 2.75) is 19.9 Å². The molecule has 24 heavy (non-hydrogen) atoms. The maximum atomic E-state index is 12.5. The number of rotatable bonds is 3. The molecule has 2 unspecified atom stereocenters. The molecule has 1 aliphatic heterocycles. The first kappa shape index (κ1) is 16.2. The van der Waals surface area contributed by atoms with Crippen LogP contribution in [0.15, 0.2) is 35.4 Å². The van der Waals surface area contributed by atoms with Crippen molar-refractivity contribution in [3.63, 3.8) is 0 Å². The molecule has 1 aromatic carbocycles. The van der Waals surface area contributed by atoms with Crippen molar-refractivity contribution in [2.75, 3.05) is 13.1 Å². The van der Waals surface area contributed by atoms with E-state index in [-0.39, 0.29) is 30.5 Å². The van der Waals surface area contributed by atoms with Gasteiger partial charge in [0.25, 0.3) is 5.56 Å². The average Bonchev–Trinajstić information content (AvgIpc) is 2.57. The van der Waals surface area contributed by atoms with Crippen molar-refractivity contribution >= 4 is 22.8 Å². The summed E-state index contributed by atoms with van der Waals surface area (Å²) in [5.74, 6) is -1.57. The lowest BCUT2D eigenvalue weighted by Crippen LogP contribution is -2.47. The lowest BCUT2D eigenvalue weighted by atomic mass is 9.90. The van der Waals surface area contributed by atoms with Gasteiger partial charge in [-0.05, 0) is 24.5 Å². The van der Waals surface area contributed by atoms with Crippen molar-refractivity contribution < 1.29 is 14.7 Å². The fraction of sp³-hybridized carbons (Fsp3) is 0.412. The number of carboxylic acid groups (broad SMARTS) is 1. The van der Waals surface area contributed by atoms with Gasteiger partial charge in [0, 0.05) is 13.1 Å². The van der Waals surface area contributed by atoms with E-state index in [4.69, 9.17) is 0 Å². The van der Waals surface area contributed by atoms with Gasteiger partial charge < -0.3 is 10.0 Å². The minimum Gasteiger partial charge on any atom is -0.481 e. The smallest absolute Gasteiger partial charge is 0.308 e. The van der Waals surface area contributed by atoms with E-state index >= 15 is 0 Å². The SMILES string of the molecule is CC1CC(C(=O)O)CN(C(=O)Cn2cnc3ccccc3c2=O)C1. The summed E-state index contributed by atoms with van der Waals surface area (Å²) < 4.78 is 1.28. The molecule has 1 aliphatic rings. The van der Waals surface area contributed by atoms with Crippen LogP contribution in [0.25, 0.3) is 10.9 Å². The predicted octanol–water partition coefficient (Wildman–Crippen LogP) is 0.966. The molecule has 126 valence electrons. The summed E-state index contributed by atoms with van der Waals surface area (Å²) in [4.78, 5) is 41.9. The van der Waals surface area contributed by atoms with Gasteiger partial charge in [0.2, 0.25) is 5.91 Å². The molecule has 1 fully saturated rings. The highest BCUT2D eigenvalue weighted by atomic mass is 16.4. The van der Waals surface area contributed by atoms with Gasteiger partial charge in [-0.2, -0.15) is 0 Å². The number of carbonyl (C=O) groups is 2. The highest BCUT2D eigenvalue weighted by Gasteiger charge is 2.31. The molecule has 1 saturated heterocycles. The van der Waals surface area contributed by atoms with Crippen LogP contribution in [0.3, 0.4) is 0 Å². The maximum Gasteiger partial charge on any atom is 0.308 e. The van der Waals surface area contributed by atoms with E-state index < -0.39 is 11.9 Å².